The molecule has 0 aromatic heterocycles. The third-order valence-corrected chi connectivity index (χ3v) is 2.77. The maximum absolute atomic E-state index is 13.4. The largest absolute Gasteiger partial charge is 0.508 e. The number of carbonyl (C=O) groups excluding carboxylic acids is 1. The Morgan fingerprint density at radius 1 is 1.15 bits per heavy atom. The third kappa shape index (κ3) is 3.78. The van der Waals surface area contributed by atoms with E-state index >= 15 is 0 Å². The summed E-state index contributed by atoms with van der Waals surface area (Å²) in [5.41, 5.74) is 0.873. The molecule has 2 aromatic carbocycles. The smallest absolute Gasteiger partial charge is 0.224 e. The standard InChI is InChI=1S/C15H13F2NO2/c16-12-5-4-11(14(17)8-12)7-15(20)18-9-10-2-1-3-13(19)6-10/h1-6,8,19H,7,9H2,(H,18,20). The van der Waals surface area contributed by atoms with Crippen LogP contribution in [0.15, 0.2) is 42.5 Å². The highest BCUT2D eigenvalue weighted by molar-refractivity contribution is 5.78. The van der Waals surface area contributed by atoms with Crippen LogP contribution >= 0.6 is 0 Å². The Bertz CT molecular complexity index is 629. The number of phenolic OH excluding ortho intramolecular Hbond substituents is 1. The van der Waals surface area contributed by atoms with E-state index in [-0.39, 0.29) is 30.2 Å². The molecule has 0 spiro atoms. The molecule has 0 aliphatic heterocycles. The molecule has 0 saturated heterocycles. The van der Waals surface area contributed by atoms with Crippen molar-refractivity contribution in [2.45, 2.75) is 13.0 Å². The molecule has 2 N–H and O–H groups in total. The van der Waals surface area contributed by atoms with Crippen molar-refractivity contribution < 1.29 is 18.7 Å². The fourth-order valence-electron chi connectivity index (χ4n) is 1.77. The summed E-state index contributed by atoms with van der Waals surface area (Å²) in [4.78, 5) is 11.7. The van der Waals surface area contributed by atoms with Crippen LogP contribution in [-0.2, 0) is 17.8 Å². The van der Waals surface area contributed by atoms with Crippen LogP contribution in [0.2, 0.25) is 0 Å². The van der Waals surface area contributed by atoms with Gasteiger partial charge in [-0.25, -0.2) is 8.78 Å². The Kier molecular flexibility index (Phi) is 4.30. The van der Waals surface area contributed by atoms with Gasteiger partial charge in [0, 0.05) is 12.6 Å². The van der Waals surface area contributed by atoms with Gasteiger partial charge in [-0.2, -0.15) is 0 Å². The Morgan fingerprint density at radius 3 is 2.65 bits per heavy atom. The summed E-state index contributed by atoms with van der Waals surface area (Å²) in [6.45, 7) is 0.232. The first-order valence-corrected chi connectivity index (χ1v) is 6.03. The van der Waals surface area contributed by atoms with Crippen LogP contribution in [-0.4, -0.2) is 11.0 Å². The minimum absolute atomic E-state index is 0.112. The first-order chi connectivity index (χ1) is 9.54. The van der Waals surface area contributed by atoms with Crippen molar-refractivity contribution >= 4 is 5.91 Å². The molecule has 2 aromatic rings. The number of carbonyl (C=O) groups is 1. The number of rotatable bonds is 4. The molecule has 0 aliphatic rings. The molecule has 1 amide bonds. The highest BCUT2D eigenvalue weighted by atomic mass is 19.1. The fraction of sp³-hybridized carbons (Fsp3) is 0.133. The van der Waals surface area contributed by atoms with E-state index in [0.717, 1.165) is 17.7 Å². The van der Waals surface area contributed by atoms with E-state index < -0.39 is 11.6 Å². The van der Waals surface area contributed by atoms with Crippen LogP contribution in [0.3, 0.4) is 0 Å². The molecule has 0 saturated carbocycles. The van der Waals surface area contributed by atoms with Gasteiger partial charge in [-0.3, -0.25) is 4.79 Å². The van der Waals surface area contributed by atoms with Gasteiger partial charge in [0.25, 0.3) is 0 Å². The van der Waals surface area contributed by atoms with Crippen LogP contribution in [0.5, 0.6) is 5.75 Å². The van der Waals surface area contributed by atoms with Gasteiger partial charge in [0.2, 0.25) is 5.91 Å². The van der Waals surface area contributed by atoms with Crippen LogP contribution < -0.4 is 5.32 Å². The predicted molar refractivity (Wildman–Crippen MR) is 70.0 cm³/mol. The van der Waals surface area contributed by atoms with E-state index in [1.54, 1.807) is 12.1 Å². The minimum atomic E-state index is -0.738. The zero-order valence-corrected chi connectivity index (χ0v) is 10.6. The number of hydrogen-bond donors (Lipinski definition) is 2. The van der Waals surface area contributed by atoms with Crippen LogP contribution in [0.1, 0.15) is 11.1 Å². The van der Waals surface area contributed by atoms with Crippen molar-refractivity contribution in [3.8, 4) is 5.75 Å². The molecule has 0 heterocycles. The van der Waals surface area contributed by atoms with Gasteiger partial charge in [-0.15, -0.1) is 0 Å². The van der Waals surface area contributed by atoms with Gasteiger partial charge in [0.05, 0.1) is 6.42 Å². The number of halogens is 2. The molecule has 5 heteroatoms. The number of phenols is 1. The zero-order chi connectivity index (χ0) is 14.5. The van der Waals surface area contributed by atoms with Gasteiger partial charge in [0.1, 0.15) is 17.4 Å². The van der Waals surface area contributed by atoms with Gasteiger partial charge in [0.15, 0.2) is 0 Å². The molecule has 0 radical (unpaired) electrons. The Labute approximate surface area is 114 Å². The lowest BCUT2D eigenvalue weighted by Crippen LogP contribution is -2.24. The topological polar surface area (TPSA) is 49.3 Å². The normalized spacial score (nSPS) is 10.3. The highest BCUT2D eigenvalue weighted by Crippen LogP contribution is 2.12. The molecule has 2 rings (SSSR count). The molecule has 104 valence electrons. The summed E-state index contributed by atoms with van der Waals surface area (Å²) in [6, 6.07) is 9.57. The SMILES string of the molecule is O=C(Cc1ccc(F)cc1F)NCc1cccc(O)c1. The van der Waals surface area contributed by atoms with Gasteiger partial charge in [-0.1, -0.05) is 18.2 Å². The van der Waals surface area contributed by atoms with E-state index in [4.69, 9.17) is 0 Å². The van der Waals surface area contributed by atoms with E-state index in [9.17, 15) is 18.7 Å². The van der Waals surface area contributed by atoms with E-state index in [2.05, 4.69) is 5.32 Å². The number of benzene rings is 2. The molecule has 0 fully saturated rings. The van der Waals surface area contributed by atoms with Gasteiger partial charge >= 0.3 is 0 Å². The molecular weight excluding hydrogens is 264 g/mol. The van der Waals surface area contributed by atoms with E-state index in [1.807, 2.05) is 0 Å². The quantitative estimate of drug-likeness (QED) is 0.902. The lowest BCUT2D eigenvalue weighted by molar-refractivity contribution is -0.120. The highest BCUT2D eigenvalue weighted by Gasteiger charge is 2.09. The second-order valence-corrected chi connectivity index (χ2v) is 4.36. The summed E-state index contributed by atoms with van der Waals surface area (Å²) < 4.78 is 26.1. The summed E-state index contributed by atoms with van der Waals surface area (Å²) in [6.07, 6.45) is -0.162. The maximum Gasteiger partial charge on any atom is 0.224 e. The fourth-order valence-corrected chi connectivity index (χ4v) is 1.77. The van der Waals surface area contributed by atoms with Crippen LogP contribution in [0.25, 0.3) is 0 Å². The molecule has 0 bridgehead atoms. The van der Waals surface area contributed by atoms with Crippen molar-refractivity contribution in [1.29, 1.82) is 0 Å². The second kappa shape index (κ2) is 6.14. The number of hydrogen-bond acceptors (Lipinski definition) is 2. The van der Waals surface area contributed by atoms with Gasteiger partial charge < -0.3 is 10.4 Å². The maximum atomic E-state index is 13.4. The van der Waals surface area contributed by atoms with Crippen LogP contribution in [0, 0.1) is 11.6 Å². The van der Waals surface area contributed by atoms with Crippen molar-refractivity contribution in [1.82, 2.24) is 5.32 Å². The summed E-state index contributed by atoms with van der Waals surface area (Å²) in [5.74, 6) is -1.68. The second-order valence-electron chi connectivity index (χ2n) is 4.36. The first-order valence-electron chi connectivity index (χ1n) is 6.03. The number of aromatic hydroxyl groups is 1. The van der Waals surface area contributed by atoms with Crippen molar-refractivity contribution in [2.75, 3.05) is 0 Å². The lowest BCUT2D eigenvalue weighted by Gasteiger charge is -2.06. The number of amides is 1. The molecule has 3 nitrogen and oxygen atoms in total. The average Bonchev–Trinajstić information content (AvgIpc) is 2.40. The third-order valence-electron chi connectivity index (χ3n) is 2.77. The minimum Gasteiger partial charge on any atom is -0.508 e. The number of nitrogens with one attached hydrogen (secondary N) is 1. The monoisotopic (exact) mass is 277 g/mol. The summed E-state index contributed by atoms with van der Waals surface area (Å²) in [5, 5.41) is 11.9. The Morgan fingerprint density at radius 2 is 1.95 bits per heavy atom. The average molecular weight is 277 g/mol. The van der Waals surface area contributed by atoms with Crippen molar-refractivity contribution in [3.05, 3.63) is 65.2 Å². The first kappa shape index (κ1) is 14.0. The summed E-state index contributed by atoms with van der Waals surface area (Å²) >= 11 is 0. The molecule has 0 unspecified atom stereocenters. The Balaban J connectivity index is 1.92. The van der Waals surface area contributed by atoms with Crippen LogP contribution in [0.4, 0.5) is 8.78 Å². The molecule has 0 atom stereocenters. The van der Waals surface area contributed by atoms with Crippen molar-refractivity contribution in [3.63, 3.8) is 0 Å². The lowest BCUT2D eigenvalue weighted by atomic mass is 10.1. The Hall–Kier alpha value is -2.43. The zero-order valence-electron chi connectivity index (χ0n) is 10.6. The van der Waals surface area contributed by atoms with Crippen molar-refractivity contribution in [2.24, 2.45) is 0 Å². The predicted octanol–water partition coefficient (Wildman–Crippen LogP) is 2.53. The summed E-state index contributed by atoms with van der Waals surface area (Å²) in [7, 11) is 0. The molecule has 20 heavy (non-hydrogen) atoms. The van der Waals surface area contributed by atoms with E-state index in [0.29, 0.717) is 0 Å². The molecular formula is C15H13F2NO2. The van der Waals surface area contributed by atoms with E-state index in [1.165, 1.54) is 18.2 Å². The van der Waals surface area contributed by atoms with Gasteiger partial charge in [-0.05, 0) is 29.3 Å². The molecule has 0 aliphatic carbocycles.